The summed E-state index contributed by atoms with van der Waals surface area (Å²) in [6, 6.07) is 13.4. The van der Waals surface area contributed by atoms with Gasteiger partial charge in [-0.3, -0.25) is 19.7 Å². The summed E-state index contributed by atoms with van der Waals surface area (Å²) in [4.78, 5) is 38.7. The molecular weight excluding hydrogens is 372 g/mol. The summed E-state index contributed by atoms with van der Waals surface area (Å²) in [6.45, 7) is 4.42. The molecule has 8 nitrogen and oxygen atoms in total. The highest BCUT2D eigenvalue weighted by atomic mass is 16.6. The molecule has 2 aromatic carbocycles. The molecule has 3 rings (SSSR count). The molecule has 29 heavy (non-hydrogen) atoms. The van der Waals surface area contributed by atoms with Crippen molar-refractivity contribution in [1.82, 2.24) is 4.90 Å². The third-order valence-electron chi connectivity index (χ3n) is 4.89. The van der Waals surface area contributed by atoms with Crippen molar-refractivity contribution in [2.24, 2.45) is 0 Å². The average Bonchev–Trinajstić information content (AvgIpc) is 2.74. The van der Waals surface area contributed by atoms with Crippen LogP contribution in [0.3, 0.4) is 0 Å². The van der Waals surface area contributed by atoms with Crippen molar-refractivity contribution in [3.05, 3.63) is 64.2 Å². The standard InChI is InChI=1S/C21H24N4O4/c1-2-3-20(26)22-17-6-4-16(5-7-17)21(27)24-14-12-23(13-15-24)18-8-10-19(11-9-18)25(28)29/h4-11H,2-3,12-15H2,1H3,(H,22,26). The summed E-state index contributed by atoms with van der Waals surface area (Å²) >= 11 is 0. The van der Waals surface area contributed by atoms with Crippen LogP contribution in [0.4, 0.5) is 17.1 Å². The predicted octanol–water partition coefficient (Wildman–Crippen LogP) is 3.30. The minimum absolute atomic E-state index is 0.0334. The minimum Gasteiger partial charge on any atom is -0.368 e. The lowest BCUT2D eigenvalue weighted by molar-refractivity contribution is -0.384. The van der Waals surface area contributed by atoms with Gasteiger partial charge in [0.1, 0.15) is 0 Å². The quantitative estimate of drug-likeness (QED) is 0.597. The molecule has 0 unspecified atom stereocenters. The first-order valence-corrected chi connectivity index (χ1v) is 9.66. The second kappa shape index (κ2) is 9.18. The van der Waals surface area contributed by atoms with Crippen molar-refractivity contribution in [3.63, 3.8) is 0 Å². The van der Waals surface area contributed by atoms with Gasteiger partial charge in [0.05, 0.1) is 4.92 Å². The Labute approximate surface area is 169 Å². The number of nitro benzene ring substituents is 1. The van der Waals surface area contributed by atoms with E-state index in [0.29, 0.717) is 43.9 Å². The van der Waals surface area contributed by atoms with Gasteiger partial charge in [-0.2, -0.15) is 0 Å². The summed E-state index contributed by atoms with van der Waals surface area (Å²) in [5, 5.41) is 13.6. The number of carbonyl (C=O) groups is 2. The third kappa shape index (κ3) is 5.10. The molecular formula is C21H24N4O4. The van der Waals surface area contributed by atoms with Crippen molar-refractivity contribution < 1.29 is 14.5 Å². The van der Waals surface area contributed by atoms with Crippen LogP contribution >= 0.6 is 0 Å². The van der Waals surface area contributed by atoms with E-state index in [-0.39, 0.29) is 17.5 Å². The fourth-order valence-corrected chi connectivity index (χ4v) is 3.28. The summed E-state index contributed by atoms with van der Waals surface area (Å²) in [6.07, 6.45) is 1.26. The molecule has 8 heteroatoms. The van der Waals surface area contributed by atoms with E-state index in [1.54, 1.807) is 41.3 Å². The number of hydrogen-bond donors (Lipinski definition) is 1. The zero-order valence-corrected chi connectivity index (χ0v) is 16.3. The van der Waals surface area contributed by atoms with E-state index in [1.165, 1.54) is 12.1 Å². The second-order valence-corrected chi connectivity index (χ2v) is 6.93. The lowest BCUT2D eigenvalue weighted by Crippen LogP contribution is -2.48. The highest BCUT2D eigenvalue weighted by Gasteiger charge is 2.22. The Hall–Kier alpha value is -3.42. The topological polar surface area (TPSA) is 95.8 Å². The predicted molar refractivity (Wildman–Crippen MR) is 111 cm³/mol. The molecule has 0 saturated carbocycles. The molecule has 2 aromatic rings. The van der Waals surface area contributed by atoms with E-state index in [9.17, 15) is 19.7 Å². The molecule has 0 aromatic heterocycles. The maximum Gasteiger partial charge on any atom is 0.269 e. The number of benzene rings is 2. The molecule has 1 aliphatic heterocycles. The summed E-state index contributed by atoms with van der Waals surface area (Å²) in [5.74, 6) is -0.0753. The van der Waals surface area contributed by atoms with Crippen molar-refractivity contribution in [2.45, 2.75) is 19.8 Å². The van der Waals surface area contributed by atoms with Crippen LogP contribution < -0.4 is 10.2 Å². The number of nitro groups is 1. The number of nitrogens with one attached hydrogen (secondary N) is 1. The Kier molecular flexibility index (Phi) is 6.43. The van der Waals surface area contributed by atoms with Gasteiger partial charge in [-0.15, -0.1) is 0 Å². The van der Waals surface area contributed by atoms with Gasteiger partial charge in [0.15, 0.2) is 0 Å². The zero-order valence-electron chi connectivity index (χ0n) is 16.3. The molecule has 0 bridgehead atoms. The van der Waals surface area contributed by atoms with E-state index >= 15 is 0 Å². The van der Waals surface area contributed by atoms with Gasteiger partial charge in [-0.25, -0.2) is 0 Å². The highest BCUT2D eigenvalue weighted by Crippen LogP contribution is 2.21. The van der Waals surface area contributed by atoms with Crippen LogP contribution in [0.2, 0.25) is 0 Å². The highest BCUT2D eigenvalue weighted by molar-refractivity contribution is 5.96. The fraction of sp³-hybridized carbons (Fsp3) is 0.333. The van der Waals surface area contributed by atoms with E-state index in [0.717, 1.165) is 12.1 Å². The first-order chi connectivity index (χ1) is 14.0. The van der Waals surface area contributed by atoms with Crippen LogP contribution in [-0.2, 0) is 4.79 Å². The monoisotopic (exact) mass is 396 g/mol. The first kappa shape index (κ1) is 20.3. The number of nitrogens with zero attached hydrogens (tertiary/aromatic N) is 3. The minimum atomic E-state index is -0.416. The van der Waals surface area contributed by atoms with Crippen molar-refractivity contribution in [1.29, 1.82) is 0 Å². The van der Waals surface area contributed by atoms with Gasteiger partial charge in [0.2, 0.25) is 5.91 Å². The molecule has 1 aliphatic rings. The maximum atomic E-state index is 12.7. The van der Waals surface area contributed by atoms with Crippen LogP contribution in [-0.4, -0.2) is 47.8 Å². The molecule has 1 N–H and O–H groups in total. The number of hydrogen-bond acceptors (Lipinski definition) is 5. The molecule has 0 aliphatic carbocycles. The fourth-order valence-electron chi connectivity index (χ4n) is 3.28. The van der Waals surface area contributed by atoms with Gasteiger partial charge < -0.3 is 15.1 Å². The van der Waals surface area contributed by atoms with E-state index < -0.39 is 4.92 Å². The number of amides is 2. The molecule has 1 saturated heterocycles. The number of piperazine rings is 1. The maximum absolute atomic E-state index is 12.7. The normalized spacial score (nSPS) is 13.8. The van der Waals surface area contributed by atoms with Crippen LogP contribution in [0.5, 0.6) is 0 Å². The number of non-ortho nitro benzene ring substituents is 1. The third-order valence-corrected chi connectivity index (χ3v) is 4.89. The number of rotatable bonds is 6. The van der Waals surface area contributed by atoms with Crippen LogP contribution in [0.1, 0.15) is 30.1 Å². The van der Waals surface area contributed by atoms with Crippen LogP contribution in [0.15, 0.2) is 48.5 Å². The second-order valence-electron chi connectivity index (χ2n) is 6.93. The molecule has 1 fully saturated rings. The zero-order chi connectivity index (χ0) is 20.8. The van der Waals surface area contributed by atoms with Crippen molar-refractivity contribution >= 4 is 28.9 Å². The van der Waals surface area contributed by atoms with Gasteiger partial charge in [-0.1, -0.05) is 6.92 Å². The Morgan fingerprint density at radius 1 is 1.00 bits per heavy atom. The summed E-state index contributed by atoms with van der Waals surface area (Å²) in [7, 11) is 0. The molecule has 0 spiro atoms. The van der Waals surface area contributed by atoms with Crippen LogP contribution in [0.25, 0.3) is 0 Å². The smallest absolute Gasteiger partial charge is 0.269 e. The van der Waals surface area contributed by atoms with E-state index in [2.05, 4.69) is 10.2 Å². The van der Waals surface area contributed by atoms with Gasteiger partial charge in [0, 0.05) is 61.7 Å². The lowest BCUT2D eigenvalue weighted by Gasteiger charge is -2.36. The molecule has 0 radical (unpaired) electrons. The Bertz CT molecular complexity index is 873. The van der Waals surface area contributed by atoms with Crippen molar-refractivity contribution in [3.8, 4) is 0 Å². The van der Waals surface area contributed by atoms with Crippen LogP contribution in [0, 0.1) is 10.1 Å². The summed E-state index contributed by atoms with van der Waals surface area (Å²) < 4.78 is 0. The van der Waals surface area contributed by atoms with Gasteiger partial charge in [0.25, 0.3) is 11.6 Å². The van der Waals surface area contributed by atoms with Gasteiger partial charge >= 0.3 is 0 Å². The Balaban J connectivity index is 1.55. The van der Waals surface area contributed by atoms with E-state index in [1.807, 2.05) is 6.92 Å². The number of anilines is 2. The molecule has 152 valence electrons. The Morgan fingerprint density at radius 3 is 2.17 bits per heavy atom. The molecule has 2 amide bonds. The number of carbonyl (C=O) groups excluding carboxylic acids is 2. The van der Waals surface area contributed by atoms with Gasteiger partial charge in [-0.05, 0) is 42.8 Å². The van der Waals surface area contributed by atoms with E-state index in [4.69, 9.17) is 0 Å². The first-order valence-electron chi connectivity index (χ1n) is 9.66. The lowest BCUT2D eigenvalue weighted by atomic mass is 10.1. The molecule has 0 atom stereocenters. The largest absolute Gasteiger partial charge is 0.368 e. The average molecular weight is 396 g/mol. The SMILES string of the molecule is CCCC(=O)Nc1ccc(C(=O)N2CCN(c3ccc([N+](=O)[O-])cc3)CC2)cc1. The molecule has 1 heterocycles. The Morgan fingerprint density at radius 2 is 1.62 bits per heavy atom. The summed E-state index contributed by atoms with van der Waals surface area (Å²) in [5.41, 5.74) is 2.25. The van der Waals surface area contributed by atoms with Crippen molar-refractivity contribution in [2.75, 3.05) is 36.4 Å².